The molecule has 0 bridgehead atoms. The zero-order valence-electron chi connectivity index (χ0n) is 6.80. The number of aromatic nitrogens is 1. The summed E-state index contributed by atoms with van der Waals surface area (Å²) in [5.74, 6) is -2.97. The number of nitrogen functional groups attached to an aromatic ring is 1. The number of hydrogen-bond acceptors (Lipinski definition) is 3. The van der Waals surface area contributed by atoms with Crippen molar-refractivity contribution in [2.24, 2.45) is 5.73 Å². The highest BCUT2D eigenvalue weighted by Gasteiger charge is 2.19. The topological polar surface area (TPSA) is 82.0 Å². The Bertz CT molecular complexity index is 357. The Labute approximate surface area is 76.7 Å². The molecule has 0 radical (unpaired) electrons. The molecule has 1 heterocycles. The van der Waals surface area contributed by atoms with Gasteiger partial charge in [0.25, 0.3) is 12.3 Å². The molecule has 0 unspecified atom stereocenters. The van der Waals surface area contributed by atoms with E-state index in [-0.39, 0.29) is 0 Å². The summed E-state index contributed by atoms with van der Waals surface area (Å²) >= 11 is 0. The lowest BCUT2D eigenvalue weighted by Crippen LogP contribution is -2.17. The van der Waals surface area contributed by atoms with Crippen molar-refractivity contribution < 1.29 is 18.0 Å². The molecule has 4 N–H and O–H groups in total. The highest BCUT2D eigenvalue weighted by atomic mass is 19.3. The third-order valence-electron chi connectivity index (χ3n) is 1.49. The van der Waals surface area contributed by atoms with Crippen molar-refractivity contribution in [1.29, 1.82) is 0 Å². The van der Waals surface area contributed by atoms with Gasteiger partial charge in [0.15, 0.2) is 0 Å². The van der Waals surface area contributed by atoms with Crippen LogP contribution < -0.4 is 11.5 Å². The van der Waals surface area contributed by atoms with Crippen molar-refractivity contribution >= 4 is 11.7 Å². The van der Waals surface area contributed by atoms with Crippen LogP contribution in [0.1, 0.15) is 22.5 Å². The van der Waals surface area contributed by atoms with Crippen molar-refractivity contribution in [3.05, 3.63) is 23.1 Å². The zero-order valence-corrected chi connectivity index (χ0v) is 6.80. The number of nitrogens with zero attached hydrogens (tertiary/aromatic N) is 1. The lowest BCUT2D eigenvalue weighted by Gasteiger charge is -2.05. The number of pyridine rings is 1. The molecule has 0 saturated carbocycles. The predicted octanol–water partition coefficient (Wildman–Crippen LogP) is 0.839. The third-order valence-corrected chi connectivity index (χ3v) is 1.49. The predicted molar refractivity (Wildman–Crippen MR) is 42.1 cm³/mol. The fourth-order valence-electron chi connectivity index (χ4n) is 0.907. The van der Waals surface area contributed by atoms with Crippen LogP contribution in [0.5, 0.6) is 0 Å². The van der Waals surface area contributed by atoms with Crippen LogP contribution in [0.15, 0.2) is 6.07 Å². The van der Waals surface area contributed by atoms with Gasteiger partial charge in [-0.25, -0.2) is 18.2 Å². The molecule has 1 aromatic rings. The molecule has 1 amide bonds. The van der Waals surface area contributed by atoms with Gasteiger partial charge in [0.1, 0.15) is 22.9 Å². The van der Waals surface area contributed by atoms with Gasteiger partial charge in [0, 0.05) is 6.07 Å². The first-order valence-corrected chi connectivity index (χ1v) is 3.47. The molecule has 0 aliphatic heterocycles. The zero-order chi connectivity index (χ0) is 10.9. The van der Waals surface area contributed by atoms with Gasteiger partial charge in [0.05, 0.1) is 0 Å². The van der Waals surface area contributed by atoms with Crippen LogP contribution in [0.4, 0.5) is 19.0 Å². The van der Waals surface area contributed by atoms with E-state index in [0.29, 0.717) is 6.07 Å². The molecule has 7 heteroatoms. The molecular weight excluding hydrogens is 199 g/mol. The second-order valence-electron chi connectivity index (χ2n) is 2.45. The van der Waals surface area contributed by atoms with Gasteiger partial charge >= 0.3 is 0 Å². The van der Waals surface area contributed by atoms with E-state index >= 15 is 0 Å². The Hall–Kier alpha value is -1.79. The maximum absolute atomic E-state index is 13.0. The molecule has 1 rings (SSSR count). The summed E-state index contributed by atoms with van der Waals surface area (Å²) in [5, 5.41) is 0. The van der Waals surface area contributed by atoms with Crippen LogP contribution in [0.3, 0.4) is 0 Å². The first kappa shape index (κ1) is 10.3. The molecule has 0 atom stereocenters. The third kappa shape index (κ3) is 1.76. The van der Waals surface area contributed by atoms with Crippen molar-refractivity contribution in [1.82, 2.24) is 4.98 Å². The lowest BCUT2D eigenvalue weighted by molar-refractivity contribution is 0.0996. The number of halogens is 3. The summed E-state index contributed by atoms with van der Waals surface area (Å²) in [6, 6.07) is 0.432. The lowest BCUT2D eigenvalue weighted by atomic mass is 10.2. The quantitative estimate of drug-likeness (QED) is 0.750. The van der Waals surface area contributed by atoms with Gasteiger partial charge in [-0.1, -0.05) is 0 Å². The van der Waals surface area contributed by atoms with Gasteiger partial charge in [-0.3, -0.25) is 4.79 Å². The van der Waals surface area contributed by atoms with E-state index in [1.54, 1.807) is 0 Å². The van der Waals surface area contributed by atoms with Crippen molar-refractivity contribution in [2.75, 3.05) is 5.73 Å². The van der Waals surface area contributed by atoms with Crippen LogP contribution in [-0.4, -0.2) is 10.9 Å². The number of primary amides is 1. The maximum atomic E-state index is 13.0. The summed E-state index contributed by atoms with van der Waals surface area (Å²) in [6.07, 6.45) is -2.95. The Balaban J connectivity index is 3.32. The fraction of sp³-hybridized carbons (Fsp3) is 0.143. The minimum absolute atomic E-state index is 0.432. The van der Waals surface area contributed by atoms with E-state index in [2.05, 4.69) is 4.98 Å². The molecule has 0 aliphatic carbocycles. The van der Waals surface area contributed by atoms with Crippen LogP contribution in [0.25, 0.3) is 0 Å². The summed E-state index contributed by atoms with van der Waals surface area (Å²) in [4.78, 5) is 13.7. The number of carbonyl (C=O) groups is 1. The van der Waals surface area contributed by atoms with Gasteiger partial charge in [-0.05, 0) is 0 Å². The highest BCUT2D eigenvalue weighted by molar-refractivity contribution is 5.97. The van der Waals surface area contributed by atoms with Crippen molar-refractivity contribution in [3.63, 3.8) is 0 Å². The molecule has 0 saturated heterocycles. The number of hydrogen-bond donors (Lipinski definition) is 2. The fourth-order valence-corrected chi connectivity index (χ4v) is 0.907. The Morgan fingerprint density at radius 2 is 2.07 bits per heavy atom. The average molecular weight is 205 g/mol. The number of amides is 1. The second-order valence-corrected chi connectivity index (χ2v) is 2.45. The molecule has 14 heavy (non-hydrogen) atoms. The van der Waals surface area contributed by atoms with Crippen molar-refractivity contribution in [3.8, 4) is 0 Å². The smallest absolute Gasteiger partial charge is 0.280 e. The number of rotatable bonds is 2. The summed E-state index contributed by atoms with van der Waals surface area (Å²) in [6.45, 7) is 0. The standard InChI is InChI=1S/C7H6F3N3O/c8-2-1-3(5(9)10)13-6(11)4(2)7(12)14/h1,5H,(H2,11,13)(H2,12,14). The summed E-state index contributed by atoms with van der Waals surface area (Å²) in [5.41, 5.74) is 8.33. The Morgan fingerprint density at radius 1 is 1.50 bits per heavy atom. The first-order valence-electron chi connectivity index (χ1n) is 3.47. The van der Waals surface area contributed by atoms with E-state index in [9.17, 15) is 18.0 Å². The minimum atomic E-state index is -2.95. The van der Waals surface area contributed by atoms with E-state index in [1.165, 1.54) is 0 Å². The normalized spacial score (nSPS) is 10.6. The van der Waals surface area contributed by atoms with Gasteiger partial charge in [-0.15, -0.1) is 0 Å². The number of anilines is 1. The molecule has 0 aromatic carbocycles. The van der Waals surface area contributed by atoms with E-state index in [1.807, 2.05) is 0 Å². The minimum Gasteiger partial charge on any atom is -0.383 e. The SMILES string of the molecule is NC(=O)c1c(F)cc(C(F)F)nc1N. The van der Waals surface area contributed by atoms with Gasteiger partial charge in [-0.2, -0.15) is 0 Å². The number of alkyl halides is 2. The van der Waals surface area contributed by atoms with Crippen molar-refractivity contribution in [2.45, 2.75) is 6.43 Å². The van der Waals surface area contributed by atoms with E-state index in [0.717, 1.165) is 0 Å². The molecule has 76 valence electrons. The first-order chi connectivity index (χ1) is 6.43. The maximum Gasteiger partial charge on any atom is 0.280 e. The molecule has 4 nitrogen and oxygen atoms in total. The second kappa shape index (κ2) is 3.52. The number of nitrogens with two attached hydrogens (primary N) is 2. The molecule has 0 aliphatic rings. The molecule has 0 spiro atoms. The Morgan fingerprint density at radius 3 is 2.43 bits per heavy atom. The van der Waals surface area contributed by atoms with Crippen LogP contribution >= 0.6 is 0 Å². The molecule has 0 fully saturated rings. The molecular formula is C7H6F3N3O. The van der Waals surface area contributed by atoms with Crippen LogP contribution in [0.2, 0.25) is 0 Å². The van der Waals surface area contributed by atoms with Crippen LogP contribution in [-0.2, 0) is 0 Å². The monoisotopic (exact) mass is 205 g/mol. The van der Waals surface area contributed by atoms with E-state index in [4.69, 9.17) is 11.5 Å². The summed E-state index contributed by atoms with van der Waals surface area (Å²) < 4.78 is 37.1. The molecule has 1 aromatic heterocycles. The average Bonchev–Trinajstić information content (AvgIpc) is 2.01. The number of carbonyl (C=O) groups excluding carboxylic acids is 1. The Kier molecular flexibility index (Phi) is 2.59. The summed E-state index contributed by atoms with van der Waals surface area (Å²) in [7, 11) is 0. The van der Waals surface area contributed by atoms with Gasteiger partial charge in [0.2, 0.25) is 0 Å². The van der Waals surface area contributed by atoms with E-state index < -0.39 is 35.2 Å². The highest BCUT2D eigenvalue weighted by Crippen LogP contribution is 2.21. The van der Waals surface area contributed by atoms with Gasteiger partial charge < -0.3 is 11.5 Å². The largest absolute Gasteiger partial charge is 0.383 e. The van der Waals surface area contributed by atoms with Crippen LogP contribution in [0, 0.1) is 5.82 Å².